The van der Waals surface area contributed by atoms with Gasteiger partial charge in [0.2, 0.25) is 70.9 Å². The number of carbonyl (C=O) groups excluding carboxylic acids is 12. The number of nitrogens with two attached hydrogens (primary N) is 1. The highest BCUT2D eigenvalue weighted by Gasteiger charge is 2.46. The summed E-state index contributed by atoms with van der Waals surface area (Å²) in [5.41, 5.74) is 6.80. The standard InChI is InChI=1S/C78H124N14O17S2/c1-7-14-54-69(101)82-43(2)68(100)85-56(36-45-21-25-51(94)26-22-45)72(104)91-64(49-17-9-8-10-18-49)75(107)84-55(29-30-62(97)98)70(102)88-59(66(79)99)42-111-41-48-16-11-15-47(35-48)40-110-34-31-61(96)89-65(78(4,5)6)76(108)87-58(37-46-23-27-52(95)28-24-46)77(109)92-33-13-20-60(92)73(105)90-63(44(3)93)74(106)86-57(71(103)83-54)38-50-39-81-67-53(50)19-12-32-80-67/h11,15-16,35,43-46,49-60,63-65,67,80-81,93-95H,7-10,12-14,17-34,36-42H2,1-6H3,(H2,79,99)(H,82,101)(H,83,103)(H,84,107)(H,85,100)(H,86,106)(H,87,108)(H,88,102)(H,89,96)(H,90,105)(H,91,104)(H,97,98)/t43-,44+,45?,46?,50?,51?,52?,53?,54-,55-,56-,57-,58-,59-,60-,63-,64-,65+,67?/m0/s1. The number of piperidine rings is 1. The predicted molar refractivity (Wildman–Crippen MR) is 418 cm³/mol. The number of aliphatic carboxylic acids is 1. The number of hydrogen-bond donors (Lipinski definition) is 17. The summed E-state index contributed by atoms with van der Waals surface area (Å²) in [5, 5.41) is 77.1. The van der Waals surface area contributed by atoms with Crippen LogP contribution in [0, 0.1) is 35.0 Å². The Hall–Kier alpha value is -7.17. The van der Waals surface area contributed by atoms with Crippen LogP contribution in [0.5, 0.6) is 0 Å². The number of carboxylic acids is 1. The maximum atomic E-state index is 15.2. The molecular weight excluding hydrogens is 1470 g/mol. The fourth-order valence-electron chi connectivity index (χ4n) is 16.7. The molecule has 15 atom stereocenters. The zero-order valence-electron chi connectivity index (χ0n) is 65.4. The highest BCUT2D eigenvalue weighted by molar-refractivity contribution is 7.98. The maximum absolute atomic E-state index is 15.2. The molecule has 4 aliphatic heterocycles. The highest BCUT2D eigenvalue weighted by atomic mass is 32.2. The number of carbonyl (C=O) groups is 13. The van der Waals surface area contributed by atoms with Crippen LogP contribution in [0.3, 0.4) is 0 Å². The number of amides is 12. The van der Waals surface area contributed by atoms with Crippen molar-refractivity contribution in [3.05, 3.63) is 35.4 Å². The number of rotatable bonds is 14. The van der Waals surface area contributed by atoms with Crippen LogP contribution < -0.4 is 69.5 Å². The lowest BCUT2D eigenvalue weighted by molar-refractivity contribution is -0.144. The average molecular weight is 1590 g/mol. The zero-order valence-corrected chi connectivity index (χ0v) is 67.1. The molecule has 3 saturated carbocycles. The van der Waals surface area contributed by atoms with Gasteiger partial charge in [0.25, 0.3) is 0 Å². The first-order valence-electron chi connectivity index (χ1n) is 40.4. The van der Waals surface area contributed by atoms with E-state index in [9.17, 15) is 73.2 Å². The summed E-state index contributed by atoms with van der Waals surface area (Å²) >= 11 is 2.77. The summed E-state index contributed by atoms with van der Waals surface area (Å²) < 4.78 is 0. The minimum absolute atomic E-state index is 0.0146. The van der Waals surface area contributed by atoms with Crippen molar-refractivity contribution in [1.29, 1.82) is 0 Å². The Morgan fingerprint density at radius 3 is 1.80 bits per heavy atom. The lowest BCUT2D eigenvalue weighted by Gasteiger charge is -2.35. The Balaban J connectivity index is 1.09. The van der Waals surface area contributed by atoms with Gasteiger partial charge in [-0.1, -0.05) is 77.6 Å². The number of hydrogen-bond acceptors (Lipinski definition) is 20. The minimum atomic E-state index is -1.68. The predicted octanol–water partition coefficient (Wildman–Crippen LogP) is 1.39. The molecule has 18 N–H and O–H groups in total. The summed E-state index contributed by atoms with van der Waals surface area (Å²) in [6.45, 7) is 11.2. The second kappa shape index (κ2) is 43.4. The third-order valence-corrected chi connectivity index (χ3v) is 25.3. The Kier molecular flexibility index (Phi) is 34.9. The number of thioether (sulfide) groups is 2. The number of carboxylic acid groups (broad SMARTS) is 1. The van der Waals surface area contributed by atoms with E-state index in [-0.39, 0.29) is 80.7 Å². The molecule has 111 heavy (non-hydrogen) atoms. The number of aliphatic hydroxyl groups is 3. The summed E-state index contributed by atoms with van der Waals surface area (Å²) in [6, 6.07) is -6.96. The fourth-order valence-corrected chi connectivity index (χ4v) is 18.6. The van der Waals surface area contributed by atoms with Gasteiger partial charge in [0.1, 0.15) is 66.5 Å². The molecule has 7 aliphatic rings. The molecule has 0 aromatic heterocycles. The quantitative estimate of drug-likeness (QED) is 0.125. The van der Waals surface area contributed by atoms with Gasteiger partial charge in [0.15, 0.2) is 0 Å². The molecule has 3 unspecified atom stereocenters. The van der Waals surface area contributed by atoms with Gasteiger partial charge in [0, 0.05) is 42.4 Å². The van der Waals surface area contributed by atoms with Crippen molar-refractivity contribution >= 4 is 100 Å². The van der Waals surface area contributed by atoms with E-state index in [0.29, 0.717) is 114 Å². The van der Waals surface area contributed by atoms with E-state index in [0.717, 1.165) is 36.9 Å². The summed E-state index contributed by atoms with van der Waals surface area (Å²) in [4.78, 5) is 188. The molecule has 3 saturated heterocycles. The molecule has 3 aliphatic carbocycles. The molecule has 2 bridgehead atoms. The molecule has 1 aromatic rings. The van der Waals surface area contributed by atoms with Gasteiger partial charge in [-0.25, -0.2) is 0 Å². The van der Waals surface area contributed by atoms with Crippen molar-refractivity contribution < 1.29 is 82.8 Å². The summed E-state index contributed by atoms with van der Waals surface area (Å²) in [7, 11) is 0. The lowest BCUT2D eigenvalue weighted by atomic mass is 9.82. The SMILES string of the molecule is CCC[C@@H]1NC(=O)[C@H](CC2CNC3NCCCC23)NC(=O)[C@H]([C@@H](C)O)NC(=O)[C@@H]2CCCN2C(=O)[C@H](CC2CCC(O)CC2)NC(=O)[C@H](C(C)(C)C)NC(=O)CCSCc2cccc(c2)CSC[C@@H](C(N)=O)NC(=O)[C@H](CCC(=O)O)NC(=O)[C@H](C2CCCCC2)NC(=O)[C@H](CC2CCC(O)CC2)NC(=O)[C@H](C)NC1=O. The number of aliphatic hydroxyl groups excluding tert-OH is 3. The molecule has 8 rings (SSSR count). The van der Waals surface area contributed by atoms with E-state index in [2.05, 4.69) is 63.8 Å². The van der Waals surface area contributed by atoms with Crippen molar-refractivity contribution in [1.82, 2.24) is 68.7 Å². The largest absolute Gasteiger partial charge is 0.481 e. The van der Waals surface area contributed by atoms with Gasteiger partial charge in [-0.15, -0.1) is 0 Å². The van der Waals surface area contributed by atoms with Gasteiger partial charge in [-0.3, -0.25) is 62.3 Å². The van der Waals surface area contributed by atoms with Gasteiger partial charge in [0.05, 0.1) is 24.5 Å². The topological polar surface area (TPSA) is 476 Å². The zero-order chi connectivity index (χ0) is 80.6. The third-order valence-electron chi connectivity index (χ3n) is 23.1. The molecule has 33 heteroatoms. The van der Waals surface area contributed by atoms with Crippen LogP contribution in [0.25, 0.3) is 0 Å². The van der Waals surface area contributed by atoms with E-state index >= 15 is 9.59 Å². The van der Waals surface area contributed by atoms with Gasteiger partial charge in [-0.2, -0.15) is 23.5 Å². The summed E-state index contributed by atoms with van der Waals surface area (Å²) in [5.74, 6) is -9.98. The molecule has 0 radical (unpaired) electrons. The Labute approximate surface area is 660 Å². The van der Waals surface area contributed by atoms with Crippen molar-refractivity contribution in [3.8, 4) is 0 Å². The van der Waals surface area contributed by atoms with Gasteiger partial charge in [-0.05, 0) is 195 Å². The van der Waals surface area contributed by atoms with Crippen LogP contribution in [0.1, 0.15) is 213 Å². The van der Waals surface area contributed by atoms with E-state index in [1.165, 1.54) is 42.3 Å². The van der Waals surface area contributed by atoms with Crippen LogP contribution in [-0.2, 0) is 73.8 Å². The first-order valence-corrected chi connectivity index (χ1v) is 42.8. The van der Waals surface area contributed by atoms with Crippen molar-refractivity contribution in [2.45, 2.75) is 305 Å². The molecule has 4 heterocycles. The van der Waals surface area contributed by atoms with Crippen molar-refractivity contribution in [3.63, 3.8) is 0 Å². The van der Waals surface area contributed by atoms with Gasteiger partial charge >= 0.3 is 5.97 Å². The van der Waals surface area contributed by atoms with Crippen molar-refractivity contribution in [2.24, 2.45) is 40.7 Å². The molecule has 31 nitrogen and oxygen atoms in total. The normalized spacial score (nSPS) is 32.7. The number of benzene rings is 1. The number of fused-ring (bicyclic) bond motifs is 4. The number of primary amides is 1. The smallest absolute Gasteiger partial charge is 0.303 e. The Morgan fingerprint density at radius 2 is 1.17 bits per heavy atom. The summed E-state index contributed by atoms with van der Waals surface area (Å²) in [6.07, 6.45) is 6.41. The molecule has 620 valence electrons. The van der Waals surface area contributed by atoms with Crippen LogP contribution in [0.2, 0.25) is 0 Å². The van der Waals surface area contributed by atoms with E-state index in [1.54, 1.807) is 27.7 Å². The Bertz CT molecular complexity index is 3360. The van der Waals surface area contributed by atoms with E-state index < -0.39 is 186 Å². The molecule has 12 amide bonds. The van der Waals surface area contributed by atoms with Crippen LogP contribution in [0.15, 0.2) is 24.3 Å². The molecule has 1 aromatic carbocycles. The lowest BCUT2D eigenvalue weighted by Crippen LogP contribution is -2.62. The van der Waals surface area contributed by atoms with E-state index in [1.807, 2.05) is 24.3 Å². The average Bonchev–Trinajstić information content (AvgIpc) is 1.73. The minimum Gasteiger partial charge on any atom is -0.481 e. The second-order valence-electron chi connectivity index (χ2n) is 33.0. The first-order chi connectivity index (χ1) is 52.8. The van der Waals surface area contributed by atoms with Crippen molar-refractivity contribution in [2.75, 3.05) is 31.1 Å². The maximum Gasteiger partial charge on any atom is 0.303 e. The van der Waals surface area contributed by atoms with E-state index in [4.69, 9.17) is 5.73 Å². The van der Waals surface area contributed by atoms with Crippen LogP contribution >= 0.6 is 23.5 Å². The first kappa shape index (κ1) is 89.4. The fraction of sp³-hybridized carbons (Fsp3) is 0.756. The number of nitrogens with zero attached hydrogens (tertiary/aromatic N) is 1. The van der Waals surface area contributed by atoms with Crippen LogP contribution in [-0.4, -0.2) is 224 Å². The Morgan fingerprint density at radius 1 is 0.595 bits per heavy atom. The highest BCUT2D eigenvalue weighted by Crippen LogP contribution is 2.35. The van der Waals surface area contributed by atoms with Crippen LogP contribution in [0.4, 0.5) is 0 Å². The second-order valence-corrected chi connectivity index (χ2v) is 35.1. The third kappa shape index (κ3) is 27.3. The monoisotopic (exact) mass is 1590 g/mol. The van der Waals surface area contributed by atoms with Gasteiger partial charge < -0.3 is 94.9 Å². The molecule has 0 spiro atoms. The molecule has 6 fully saturated rings. The molecular formula is C78H124N14O17S2. The number of nitrogens with one attached hydrogen (secondary N) is 12.